The molecule has 1 aromatic rings. The molecule has 0 aromatic heterocycles. The first-order valence-electron chi connectivity index (χ1n) is 6.53. The van der Waals surface area contributed by atoms with Crippen LogP contribution in [0.15, 0.2) is 24.3 Å². The summed E-state index contributed by atoms with van der Waals surface area (Å²) in [6, 6.07) is 9.31. The molecular weight excluding hydrogens is 339 g/mol. The molecule has 2 atom stereocenters. The van der Waals surface area contributed by atoms with E-state index in [9.17, 15) is 4.79 Å². The van der Waals surface area contributed by atoms with Crippen molar-refractivity contribution in [3.8, 4) is 0 Å². The van der Waals surface area contributed by atoms with Crippen LogP contribution >= 0.6 is 22.6 Å². The van der Waals surface area contributed by atoms with Gasteiger partial charge in [0, 0.05) is 27.3 Å². The van der Waals surface area contributed by atoms with Crippen LogP contribution in [-0.4, -0.2) is 24.0 Å². The van der Waals surface area contributed by atoms with Crippen molar-refractivity contribution in [2.45, 2.75) is 43.8 Å². The normalized spacial score (nSPS) is 30.2. The van der Waals surface area contributed by atoms with Gasteiger partial charge in [0.2, 0.25) is 0 Å². The highest BCUT2D eigenvalue weighted by atomic mass is 127. The van der Waals surface area contributed by atoms with Crippen LogP contribution in [0.25, 0.3) is 0 Å². The summed E-state index contributed by atoms with van der Waals surface area (Å²) >= 11 is 2.25. The fourth-order valence-electron chi connectivity index (χ4n) is 3.05. The van der Waals surface area contributed by atoms with E-state index in [1.807, 2.05) is 24.3 Å². The number of halogens is 1. The Bertz CT molecular complexity index is 434. The van der Waals surface area contributed by atoms with Crippen LogP contribution in [0.1, 0.15) is 36.0 Å². The van der Waals surface area contributed by atoms with Crippen molar-refractivity contribution in [3.05, 3.63) is 33.4 Å². The molecule has 2 heterocycles. The van der Waals surface area contributed by atoms with Gasteiger partial charge in [0.1, 0.15) is 0 Å². The van der Waals surface area contributed by atoms with Gasteiger partial charge in [0.15, 0.2) is 0 Å². The smallest absolute Gasteiger partial charge is 0.251 e. The Morgan fingerprint density at radius 2 is 1.78 bits per heavy atom. The SMILES string of the molecule is O=C(NC1CC2CCC(C1)N2)c1ccc(I)cc1. The van der Waals surface area contributed by atoms with Gasteiger partial charge >= 0.3 is 0 Å². The van der Waals surface area contributed by atoms with Crippen molar-refractivity contribution < 1.29 is 4.79 Å². The highest BCUT2D eigenvalue weighted by Crippen LogP contribution is 2.26. The van der Waals surface area contributed by atoms with Gasteiger partial charge in [-0.3, -0.25) is 4.79 Å². The Hall–Kier alpha value is -0.620. The molecule has 0 saturated carbocycles. The summed E-state index contributed by atoms with van der Waals surface area (Å²) in [4.78, 5) is 12.1. The average molecular weight is 356 g/mol. The van der Waals surface area contributed by atoms with E-state index in [1.54, 1.807) is 0 Å². The highest BCUT2D eigenvalue weighted by molar-refractivity contribution is 14.1. The molecule has 2 unspecified atom stereocenters. The summed E-state index contributed by atoms with van der Waals surface area (Å²) in [5.41, 5.74) is 0.765. The number of rotatable bonds is 2. The topological polar surface area (TPSA) is 41.1 Å². The molecule has 0 aliphatic carbocycles. The Morgan fingerprint density at radius 1 is 1.17 bits per heavy atom. The Labute approximate surface area is 121 Å². The van der Waals surface area contributed by atoms with Gasteiger partial charge in [-0.1, -0.05) is 0 Å². The molecule has 2 saturated heterocycles. The zero-order valence-electron chi connectivity index (χ0n) is 10.2. The minimum atomic E-state index is 0.0673. The van der Waals surface area contributed by atoms with Crippen molar-refractivity contribution in [2.24, 2.45) is 0 Å². The average Bonchev–Trinajstić information content (AvgIpc) is 2.69. The lowest BCUT2D eigenvalue weighted by atomic mass is 9.99. The molecule has 2 bridgehead atoms. The second-order valence-electron chi connectivity index (χ2n) is 5.29. The van der Waals surface area contributed by atoms with Gasteiger partial charge in [0.05, 0.1) is 0 Å². The monoisotopic (exact) mass is 356 g/mol. The predicted octanol–water partition coefficient (Wildman–Crippen LogP) is 2.30. The van der Waals surface area contributed by atoms with Gasteiger partial charge in [-0.05, 0) is 72.5 Å². The molecule has 3 rings (SSSR count). The lowest BCUT2D eigenvalue weighted by Crippen LogP contribution is -2.48. The van der Waals surface area contributed by atoms with Crippen molar-refractivity contribution in [1.82, 2.24) is 10.6 Å². The second-order valence-corrected chi connectivity index (χ2v) is 6.53. The van der Waals surface area contributed by atoms with E-state index in [2.05, 4.69) is 33.2 Å². The minimum absolute atomic E-state index is 0.0673. The lowest BCUT2D eigenvalue weighted by molar-refractivity contribution is 0.0924. The fourth-order valence-corrected chi connectivity index (χ4v) is 3.40. The number of nitrogens with one attached hydrogen (secondary N) is 2. The number of piperidine rings is 1. The second kappa shape index (κ2) is 5.17. The van der Waals surface area contributed by atoms with Gasteiger partial charge in [-0.2, -0.15) is 0 Å². The Morgan fingerprint density at radius 3 is 2.39 bits per heavy atom. The van der Waals surface area contributed by atoms with E-state index < -0.39 is 0 Å². The number of amides is 1. The third-order valence-corrected chi connectivity index (χ3v) is 4.63. The molecule has 96 valence electrons. The molecular formula is C14H17IN2O. The quantitative estimate of drug-likeness (QED) is 0.799. The fraction of sp³-hybridized carbons (Fsp3) is 0.500. The largest absolute Gasteiger partial charge is 0.349 e. The van der Waals surface area contributed by atoms with Crippen LogP contribution in [0.2, 0.25) is 0 Å². The lowest BCUT2D eigenvalue weighted by Gasteiger charge is -2.29. The first-order valence-corrected chi connectivity index (χ1v) is 7.61. The van der Waals surface area contributed by atoms with Crippen LogP contribution in [0.4, 0.5) is 0 Å². The molecule has 18 heavy (non-hydrogen) atoms. The third kappa shape index (κ3) is 2.69. The zero-order valence-corrected chi connectivity index (χ0v) is 12.3. The Balaban J connectivity index is 1.62. The van der Waals surface area contributed by atoms with Crippen molar-refractivity contribution in [1.29, 1.82) is 0 Å². The Kier molecular flexibility index (Phi) is 3.56. The summed E-state index contributed by atoms with van der Waals surface area (Å²) in [6.45, 7) is 0. The summed E-state index contributed by atoms with van der Waals surface area (Å²) < 4.78 is 1.16. The predicted molar refractivity (Wildman–Crippen MR) is 79.6 cm³/mol. The summed E-state index contributed by atoms with van der Waals surface area (Å²) in [6.07, 6.45) is 4.68. The number of benzene rings is 1. The summed E-state index contributed by atoms with van der Waals surface area (Å²) in [5, 5.41) is 6.76. The number of hydrogen-bond acceptors (Lipinski definition) is 2. The van der Waals surface area contributed by atoms with E-state index in [0.717, 1.165) is 22.0 Å². The van der Waals surface area contributed by atoms with E-state index in [4.69, 9.17) is 0 Å². The molecule has 2 aliphatic rings. The number of carbonyl (C=O) groups excluding carboxylic acids is 1. The molecule has 2 aliphatic heterocycles. The van der Waals surface area contributed by atoms with Crippen LogP contribution in [0, 0.1) is 3.57 Å². The number of hydrogen-bond donors (Lipinski definition) is 2. The zero-order chi connectivity index (χ0) is 12.5. The van der Waals surface area contributed by atoms with Gasteiger partial charge < -0.3 is 10.6 Å². The molecule has 4 heteroatoms. The molecule has 2 fully saturated rings. The molecule has 3 nitrogen and oxygen atoms in total. The number of fused-ring (bicyclic) bond motifs is 2. The van der Waals surface area contributed by atoms with E-state index >= 15 is 0 Å². The summed E-state index contributed by atoms with van der Waals surface area (Å²) in [5.74, 6) is 0.0673. The van der Waals surface area contributed by atoms with E-state index in [-0.39, 0.29) is 5.91 Å². The van der Waals surface area contributed by atoms with Crippen molar-refractivity contribution >= 4 is 28.5 Å². The third-order valence-electron chi connectivity index (χ3n) is 3.91. The first-order chi connectivity index (χ1) is 8.70. The maximum absolute atomic E-state index is 12.1. The van der Waals surface area contributed by atoms with Crippen LogP contribution in [0.5, 0.6) is 0 Å². The van der Waals surface area contributed by atoms with Crippen LogP contribution < -0.4 is 10.6 Å². The van der Waals surface area contributed by atoms with Crippen LogP contribution in [-0.2, 0) is 0 Å². The molecule has 1 amide bonds. The van der Waals surface area contributed by atoms with E-state index in [1.165, 1.54) is 12.8 Å². The van der Waals surface area contributed by atoms with Crippen molar-refractivity contribution in [3.63, 3.8) is 0 Å². The molecule has 2 N–H and O–H groups in total. The molecule has 0 radical (unpaired) electrons. The molecule has 0 spiro atoms. The van der Waals surface area contributed by atoms with Crippen LogP contribution in [0.3, 0.4) is 0 Å². The highest BCUT2D eigenvalue weighted by Gasteiger charge is 2.33. The van der Waals surface area contributed by atoms with Crippen molar-refractivity contribution in [2.75, 3.05) is 0 Å². The van der Waals surface area contributed by atoms with E-state index in [0.29, 0.717) is 18.1 Å². The van der Waals surface area contributed by atoms with Gasteiger partial charge in [0.25, 0.3) is 5.91 Å². The molecule has 1 aromatic carbocycles. The maximum atomic E-state index is 12.1. The number of carbonyl (C=O) groups is 1. The maximum Gasteiger partial charge on any atom is 0.251 e. The minimum Gasteiger partial charge on any atom is -0.349 e. The van der Waals surface area contributed by atoms with Gasteiger partial charge in [-0.25, -0.2) is 0 Å². The first kappa shape index (κ1) is 12.4. The summed E-state index contributed by atoms with van der Waals surface area (Å²) in [7, 11) is 0. The standard InChI is InChI=1S/C14H17IN2O/c15-10-3-1-9(2-4-10)14(18)17-13-7-11-5-6-12(8-13)16-11/h1-4,11-13,16H,5-8H2,(H,17,18). The van der Waals surface area contributed by atoms with Gasteiger partial charge in [-0.15, -0.1) is 0 Å².